The third kappa shape index (κ3) is 7.14. The first-order valence-corrected chi connectivity index (χ1v) is 8.28. The van der Waals surface area contributed by atoms with Crippen molar-refractivity contribution in [2.24, 2.45) is 0 Å². The Balaban J connectivity index is 3.01. The first-order chi connectivity index (χ1) is 12.0. The SMILES string of the molecule is COc1cc(NCCCN(C)C)c([N+](=O)[O-])cc1NC(=O)OC(C)(C)C. The number of ether oxygens (including phenoxy) is 2. The number of hydrogen-bond donors (Lipinski definition) is 2. The highest BCUT2D eigenvalue weighted by atomic mass is 16.6. The molecule has 0 unspecified atom stereocenters. The second kappa shape index (κ2) is 9.23. The summed E-state index contributed by atoms with van der Waals surface area (Å²) in [5.41, 5.74) is -0.327. The van der Waals surface area contributed by atoms with Crippen LogP contribution in [0.4, 0.5) is 21.9 Å². The number of nitrogens with one attached hydrogen (secondary N) is 2. The molecule has 0 aliphatic carbocycles. The summed E-state index contributed by atoms with van der Waals surface area (Å²) in [5, 5.41) is 17.0. The summed E-state index contributed by atoms with van der Waals surface area (Å²) in [6, 6.07) is 2.76. The van der Waals surface area contributed by atoms with E-state index in [1.807, 2.05) is 19.0 Å². The third-order valence-electron chi connectivity index (χ3n) is 3.25. The lowest BCUT2D eigenvalue weighted by Crippen LogP contribution is -2.27. The molecule has 0 fully saturated rings. The van der Waals surface area contributed by atoms with E-state index in [2.05, 4.69) is 10.6 Å². The summed E-state index contributed by atoms with van der Waals surface area (Å²) in [4.78, 5) is 24.9. The molecule has 0 heterocycles. The molecule has 146 valence electrons. The summed E-state index contributed by atoms with van der Waals surface area (Å²) < 4.78 is 10.4. The van der Waals surface area contributed by atoms with E-state index in [0.29, 0.717) is 18.0 Å². The second-order valence-electron chi connectivity index (χ2n) is 7.04. The van der Waals surface area contributed by atoms with Gasteiger partial charge in [-0.3, -0.25) is 15.4 Å². The lowest BCUT2D eigenvalue weighted by Gasteiger charge is -2.20. The van der Waals surface area contributed by atoms with Gasteiger partial charge in [-0.15, -0.1) is 0 Å². The topological polar surface area (TPSA) is 106 Å². The van der Waals surface area contributed by atoms with Gasteiger partial charge in [0.2, 0.25) is 0 Å². The van der Waals surface area contributed by atoms with Crippen molar-refractivity contribution in [2.75, 3.05) is 44.9 Å². The fraction of sp³-hybridized carbons (Fsp3) is 0.588. The van der Waals surface area contributed by atoms with Crippen LogP contribution in [-0.4, -0.2) is 55.8 Å². The number of nitrogens with zero attached hydrogens (tertiary/aromatic N) is 2. The Morgan fingerprint density at radius 3 is 2.42 bits per heavy atom. The zero-order valence-electron chi connectivity index (χ0n) is 16.2. The van der Waals surface area contributed by atoms with E-state index in [0.717, 1.165) is 13.0 Å². The van der Waals surface area contributed by atoms with E-state index in [9.17, 15) is 14.9 Å². The molecule has 0 saturated carbocycles. The fourth-order valence-electron chi connectivity index (χ4n) is 2.16. The molecule has 0 atom stereocenters. The number of nitro benzene ring substituents is 1. The number of nitro groups is 1. The molecule has 0 aliphatic rings. The van der Waals surface area contributed by atoms with Gasteiger partial charge in [0.25, 0.3) is 5.69 Å². The molecule has 0 radical (unpaired) electrons. The molecular formula is C17H28N4O5. The summed E-state index contributed by atoms with van der Waals surface area (Å²) >= 11 is 0. The van der Waals surface area contributed by atoms with Gasteiger partial charge in [-0.05, 0) is 47.8 Å². The lowest BCUT2D eigenvalue weighted by molar-refractivity contribution is -0.383. The number of methoxy groups -OCH3 is 1. The Morgan fingerprint density at radius 2 is 1.92 bits per heavy atom. The standard InChI is InChI=1S/C17H28N4O5/c1-17(2,3)26-16(22)19-13-10-14(21(23)24)12(11-15(13)25-6)18-8-7-9-20(4)5/h10-11,18H,7-9H2,1-6H3,(H,19,22). The number of anilines is 2. The van der Waals surface area contributed by atoms with Crippen molar-refractivity contribution in [3.05, 3.63) is 22.2 Å². The average Bonchev–Trinajstić information content (AvgIpc) is 2.49. The first kappa shape index (κ1) is 21.5. The van der Waals surface area contributed by atoms with Crippen molar-refractivity contribution in [3.8, 4) is 5.75 Å². The highest BCUT2D eigenvalue weighted by molar-refractivity contribution is 5.89. The highest BCUT2D eigenvalue weighted by Crippen LogP contribution is 2.36. The van der Waals surface area contributed by atoms with Crippen LogP contribution in [-0.2, 0) is 4.74 Å². The molecule has 0 spiro atoms. The minimum absolute atomic E-state index is 0.151. The molecule has 1 rings (SSSR count). The van der Waals surface area contributed by atoms with Gasteiger partial charge in [0.05, 0.1) is 17.7 Å². The van der Waals surface area contributed by atoms with E-state index in [1.165, 1.54) is 19.2 Å². The molecule has 1 aromatic rings. The van der Waals surface area contributed by atoms with Crippen molar-refractivity contribution in [2.45, 2.75) is 32.8 Å². The quantitative estimate of drug-likeness (QED) is 0.412. The van der Waals surface area contributed by atoms with E-state index in [4.69, 9.17) is 9.47 Å². The van der Waals surface area contributed by atoms with Crippen LogP contribution >= 0.6 is 0 Å². The molecule has 0 bridgehead atoms. The van der Waals surface area contributed by atoms with Gasteiger partial charge in [-0.25, -0.2) is 4.79 Å². The average molecular weight is 368 g/mol. The summed E-state index contributed by atoms with van der Waals surface area (Å²) in [5.74, 6) is 0.302. The number of carbonyl (C=O) groups is 1. The molecule has 0 aromatic heterocycles. The molecule has 26 heavy (non-hydrogen) atoms. The van der Waals surface area contributed by atoms with Crippen LogP contribution in [0.25, 0.3) is 0 Å². The van der Waals surface area contributed by atoms with Gasteiger partial charge < -0.3 is 19.7 Å². The monoisotopic (exact) mass is 368 g/mol. The van der Waals surface area contributed by atoms with E-state index >= 15 is 0 Å². The van der Waals surface area contributed by atoms with Crippen LogP contribution < -0.4 is 15.4 Å². The van der Waals surface area contributed by atoms with Crippen molar-refractivity contribution in [3.63, 3.8) is 0 Å². The van der Waals surface area contributed by atoms with E-state index < -0.39 is 16.6 Å². The summed E-state index contributed by atoms with van der Waals surface area (Å²) in [6.45, 7) is 6.62. The van der Waals surface area contributed by atoms with Crippen LogP contribution in [0.5, 0.6) is 5.75 Å². The highest BCUT2D eigenvalue weighted by Gasteiger charge is 2.22. The van der Waals surface area contributed by atoms with Crippen molar-refractivity contribution < 1.29 is 19.2 Å². The summed E-state index contributed by atoms with van der Waals surface area (Å²) in [7, 11) is 5.35. The van der Waals surface area contributed by atoms with Gasteiger partial charge in [-0.1, -0.05) is 0 Å². The van der Waals surface area contributed by atoms with Crippen LogP contribution in [0.15, 0.2) is 12.1 Å². The number of carbonyl (C=O) groups excluding carboxylic acids is 1. The van der Waals surface area contributed by atoms with Gasteiger partial charge in [0, 0.05) is 18.7 Å². The Labute approximate surface area is 153 Å². The van der Waals surface area contributed by atoms with Gasteiger partial charge in [0.15, 0.2) is 0 Å². The predicted octanol–water partition coefficient (Wildman–Crippen LogP) is 3.31. The molecule has 1 aromatic carbocycles. The van der Waals surface area contributed by atoms with Crippen LogP contribution in [0.1, 0.15) is 27.2 Å². The van der Waals surface area contributed by atoms with Gasteiger partial charge in [-0.2, -0.15) is 0 Å². The molecule has 1 amide bonds. The van der Waals surface area contributed by atoms with Crippen molar-refractivity contribution in [1.82, 2.24) is 4.90 Å². The summed E-state index contributed by atoms with van der Waals surface area (Å²) in [6.07, 6.45) is 0.112. The zero-order chi connectivity index (χ0) is 19.9. The number of benzene rings is 1. The van der Waals surface area contributed by atoms with E-state index in [1.54, 1.807) is 20.8 Å². The van der Waals surface area contributed by atoms with Crippen LogP contribution in [0.2, 0.25) is 0 Å². The van der Waals surface area contributed by atoms with Gasteiger partial charge in [0.1, 0.15) is 17.0 Å². The number of hydrogen-bond acceptors (Lipinski definition) is 7. The Bertz CT molecular complexity index is 641. The molecule has 9 nitrogen and oxygen atoms in total. The maximum atomic E-state index is 12.0. The number of rotatable bonds is 8. The normalized spacial score (nSPS) is 11.2. The maximum absolute atomic E-state index is 12.0. The van der Waals surface area contributed by atoms with Crippen molar-refractivity contribution in [1.29, 1.82) is 0 Å². The van der Waals surface area contributed by atoms with Crippen LogP contribution in [0, 0.1) is 10.1 Å². The smallest absolute Gasteiger partial charge is 0.412 e. The predicted molar refractivity (Wildman–Crippen MR) is 101 cm³/mol. The molecule has 2 N–H and O–H groups in total. The van der Waals surface area contributed by atoms with E-state index in [-0.39, 0.29) is 11.4 Å². The molecule has 0 aliphatic heterocycles. The molecule has 0 saturated heterocycles. The minimum Gasteiger partial charge on any atom is -0.494 e. The Kier molecular flexibility index (Phi) is 7.63. The Hall–Kier alpha value is -2.55. The molecular weight excluding hydrogens is 340 g/mol. The van der Waals surface area contributed by atoms with Gasteiger partial charge >= 0.3 is 6.09 Å². The lowest BCUT2D eigenvalue weighted by atomic mass is 10.2. The van der Waals surface area contributed by atoms with Crippen molar-refractivity contribution >= 4 is 23.2 Å². The maximum Gasteiger partial charge on any atom is 0.412 e. The first-order valence-electron chi connectivity index (χ1n) is 8.28. The van der Waals surface area contributed by atoms with Crippen LogP contribution in [0.3, 0.4) is 0 Å². The fourth-order valence-corrected chi connectivity index (χ4v) is 2.16. The Morgan fingerprint density at radius 1 is 1.27 bits per heavy atom. The minimum atomic E-state index is -0.711. The number of amides is 1. The third-order valence-corrected chi connectivity index (χ3v) is 3.25. The molecule has 9 heteroatoms. The largest absolute Gasteiger partial charge is 0.494 e. The zero-order valence-corrected chi connectivity index (χ0v) is 16.2. The second-order valence-corrected chi connectivity index (χ2v) is 7.04.